The van der Waals surface area contributed by atoms with E-state index in [1.54, 1.807) is 0 Å². The van der Waals surface area contributed by atoms with Crippen molar-refractivity contribution in [3.63, 3.8) is 0 Å². The van der Waals surface area contributed by atoms with Crippen molar-refractivity contribution in [1.82, 2.24) is 5.32 Å². The number of ether oxygens (including phenoxy) is 1. The first-order valence-electron chi connectivity index (χ1n) is 7.68. The summed E-state index contributed by atoms with van der Waals surface area (Å²) in [6, 6.07) is 12.4. The van der Waals surface area contributed by atoms with E-state index in [-0.39, 0.29) is 16.8 Å². The second kappa shape index (κ2) is 8.20. The van der Waals surface area contributed by atoms with Gasteiger partial charge >= 0.3 is 6.18 Å². The maximum absolute atomic E-state index is 12.7. The smallest absolute Gasteiger partial charge is 0.416 e. The molecule has 0 saturated carbocycles. The average molecular weight is 368 g/mol. The van der Waals surface area contributed by atoms with Crippen molar-refractivity contribution in [3.8, 4) is 5.75 Å². The molecule has 0 heterocycles. The molecule has 2 N–H and O–H groups in total. The van der Waals surface area contributed by atoms with E-state index in [1.807, 2.05) is 38.1 Å². The van der Waals surface area contributed by atoms with E-state index < -0.39 is 11.7 Å². The fourth-order valence-corrected chi connectivity index (χ4v) is 2.38. The van der Waals surface area contributed by atoms with E-state index in [4.69, 9.17) is 17.0 Å². The third-order valence-corrected chi connectivity index (χ3v) is 3.57. The van der Waals surface area contributed by atoms with Crippen molar-refractivity contribution in [1.29, 1.82) is 0 Å². The van der Waals surface area contributed by atoms with Crippen molar-refractivity contribution in [2.75, 3.05) is 11.9 Å². The molecule has 0 aliphatic heterocycles. The lowest BCUT2D eigenvalue weighted by Gasteiger charge is -2.18. The highest BCUT2D eigenvalue weighted by atomic mass is 32.1. The van der Waals surface area contributed by atoms with Crippen LogP contribution in [0.2, 0.25) is 0 Å². The van der Waals surface area contributed by atoms with Crippen molar-refractivity contribution in [2.24, 2.45) is 0 Å². The van der Waals surface area contributed by atoms with Crippen LogP contribution in [0.3, 0.4) is 0 Å². The molecule has 0 unspecified atom stereocenters. The number of nitrogens with one attached hydrogen (secondary N) is 2. The summed E-state index contributed by atoms with van der Waals surface area (Å²) >= 11 is 5.14. The second-order valence-corrected chi connectivity index (χ2v) is 6.11. The Balaban J connectivity index is 1.84. The van der Waals surface area contributed by atoms with Crippen molar-refractivity contribution in [2.45, 2.75) is 26.1 Å². The molecule has 0 aliphatic carbocycles. The van der Waals surface area contributed by atoms with Crippen LogP contribution < -0.4 is 15.4 Å². The van der Waals surface area contributed by atoms with Gasteiger partial charge in [-0.1, -0.05) is 23.8 Å². The van der Waals surface area contributed by atoms with E-state index in [1.165, 1.54) is 12.1 Å². The Kier molecular flexibility index (Phi) is 6.25. The Morgan fingerprint density at radius 2 is 1.84 bits per heavy atom. The summed E-state index contributed by atoms with van der Waals surface area (Å²) in [4.78, 5) is 0. The molecule has 0 saturated heterocycles. The standard InChI is InChI=1S/C18H19F3N2OS/c1-12-6-8-16(9-7-12)24-11-13(2)22-17(25)23-15-5-3-4-14(10-15)18(19,20)21/h3-10,13H,11H2,1-2H3,(H2,22,23,25)/t13-/m1/s1. The zero-order valence-electron chi connectivity index (χ0n) is 13.9. The summed E-state index contributed by atoms with van der Waals surface area (Å²) in [6.07, 6.45) is -4.39. The summed E-state index contributed by atoms with van der Waals surface area (Å²) in [7, 11) is 0. The number of hydrogen-bond acceptors (Lipinski definition) is 2. The molecular weight excluding hydrogens is 349 g/mol. The number of alkyl halides is 3. The number of rotatable bonds is 5. The van der Waals surface area contributed by atoms with Crippen LogP contribution in [0, 0.1) is 6.92 Å². The molecule has 25 heavy (non-hydrogen) atoms. The Bertz CT molecular complexity index is 717. The molecule has 3 nitrogen and oxygen atoms in total. The summed E-state index contributed by atoms with van der Waals surface area (Å²) in [5, 5.41) is 5.97. The van der Waals surface area contributed by atoms with Crippen LogP contribution >= 0.6 is 12.2 Å². The molecule has 0 aliphatic rings. The summed E-state index contributed by atoms with van der Waals surface area (Å²) in [5.74, 6) is 0.746. The Morgan fingerprint density at radius 1 is 1.16 bits per heavy atom. The molecule has 134 valence electrons. The van der Waals surface area contributed by atoms with Gasteiger partial charge in [0.25, 0.3) is 0 Å². The molecule has 0 amide bonds. The highest BCUT2D eigenvalue weighted by Gasteiger charge is 2.30. The number of thiocarbonyl (C=S) groups is 1. The minimum atomic E-state index is -4.39. The Labute approximate surface area is 150 Å². The van der Waals surface area contributed by atoms with E-state index >= 15 is 0 Å². The molecule has 2 rings (SSSR count). The normalized spacial score (nSPS) is 12.4. The van der Waals surface area contributed by atoms with Gasteiger partial charge in [0.1, 0.15) is 12.4 Å². The van der Waals surface area contributed by atoms with E-state index in [2.05, 4.69) is 10.6 Å². The topological polar surface area (TPSA) is 33.3 Å². The highest BCUT2D eigenvalue weighted by molar-refractivity contribution is 7.80. The highest BCUT2D eigenvalue weighted by Crippen LogP contribution is 2.30. The number of aryl methyl sites for hydroxylation is 1. The lowest BCUT2D eigenvalue weighted by atomic mass is 10.2. The van der Waals surface area contributed by atoms with Gasteiger partial charge in [-0.25, -0.2) is 0 Å². The maximum Gasteiger partial charge on any atom is 0.416 e. The molecule has 2 aromatic carbocycles. The average Bonchev–Trinajstić information content (AvgIpc) is 2.53. The van der Waals surface area contributed by atoms with Crippen molar-refractivity contribution in [3.05, 3.63) is 59.7 Å². The lowest BCUT2D eigenvalue weighted by Crippen LogP contribution is -2.39. The van der Waals surface area contributed by atoms with Gasteiger partial charge in [-0.05, 0) is 56.4 Å². The predicted molar refractivity (Wildman–Crippen MR) is 96.9 cm³/mol. The van der Waals surface area contributed by atoms with Gasteiger partial charge in [-0.3, -0.25) is 0 Å². The predicted octanol–water partition coefficient (Wildman–Crippen LogP) is 4.77. The van der Waals surface area contributed by atoms with Gasteiger partial charge in [0.05, 0.1) is 11.6 Å². The minimum absolute atomic E-state index is 0.118. The molecular formula is C18H19F3N2OS. The molecule has 0 bridgehead atoms. The van der Waals surface area contributed by atoms with Gasteiger partial charge in [-0.2, -0.15) is 13.2 Å². The zero-order valence-corrected chi connectivity index (χ0v) is 14.7. The second-order valence-electron chi connectivity index (χ2n) is 5.70. The third kappa shape index (κ3) is 6.26. The fraction of sp³-hybridized carbons (Fsp3) is 0.278. The summed E-state index contributed by atoms with van der Waals surface area (Å²) in [6.45, 7) is 4.23. The van der Waals surface area contributed by atoms with Crippen molar-refractivity contribution < 1.29 is 17.9 Å². The molecule has 7 heteroatoms. The first kappa shape index (κ1) is 19.1. The Hall–Kier alpha value is -2.28. The summed E-state index contributed by atoms with van der Waals surface area (Å²) < 4.78 is 43.8. The quantitative estimate of drug-likeness (QED) is 0.745. The van der Waals surface area contributed by atoms with E-state index in [0.29, 0.717) is 6.61 Å². The van der Waals surface area contributed by atoms with E-state index in [9.17, 15) is 13.2 Å². The first-order valence-corrected chi connectivity index (χ1v) is 8.09. The van der Waals surface area contributed by atoms with Crippen LogP contribution in [-0.4, -0.2) is 17.8 Å². The van der Waals surface area contributed by atoms with Crippen LogP contribution in [0.5, 0.6) is 5.75 Å². The molecule has 2 aromatic rings. The SMILES string of the molecule is Cc1ccc(OC[C@@H](C)NC(=S)Nc2cccc(C(F)(F)F)c2)cc1. The number of halogens is 3. The molecule has 0 aromatic heterocycles. The minimum Gasteiger partial charge on any atom is -0.491 e. The maximum atomic E-state index is 12.7. The third-order valence-electron chi connectivity index (χ3n) is 3.35. The van der Waals surface area contributed by atoms with Gasteiger partial charge in [-0.15, -0.1) is 0 Å². The van der Waals surface area contributed by atoms with Gasteiger partial charge in [0.15, 0.2) is 5.11 Å². The number of anilines is 1. The van der Waals surface area contributed by atoms with Gasteiger partial charge in [0, 0.05) is 5.69 Å². The van der Waals surface area contributed by atoms with Crippen molar-refractivity contribution >= 4 is 23.0 Å². The molecule has 0 spiro atoms. The zero-order chi connectivity index (χ0) is 18.4. The number of benzene rings is 2. The van der Waals surface area contributed by atoms with E-state index in [0.717, 1.165) is 23.4 Å². The van der Waals surface area contributed by atoms with Crippen LogP contribution in [0.1, 0.15) is 18.1 Å². The Morgan fingerprint density at radius 3 is 2.48 bits per heavy atom. The monoisotopic (exact) mass is 368 g/mol. The summed E-state index contributed by atoms with van der Waals surface area (Å²) in [5.41, 5.74) is 0.694. The lowest BCUT2D eigenvalue weighted by molar-refractivity contribution is -0.137. The largest absolute Gasteiger partial charge is 0.491 e. The molecule has 0 radical (unpaired) electrons. The fourth-order valence-electron chi connectivity index (χ4n) is 2.06. The molecule has 1 atom stereocenters. The van der Waals surface area contributed by atoms with Gasteiger partial charge < -0.3 is 15.4 Å². The van der Waals surface area contributed by atoms with Crippen LogP contribution in [0.15, 0.2) is 48.5 Å². The van der Waals surface area contributed by atoms with Crippen LogP contribution in [-0.2, 0) is 6.18 Å². The van der Waals surface area contributed by atoms with Crippen LogP contribution in [0.4, 0.5) is 18.9 Å². The first-order chi connectivity index (χ1) is 11.7. The molecule has 0 fully saturated rings. The van der Waals surface area contributed by atoms with Crippen LogP contribution in [0.25, 0.3) is 0 Å². The number of hydrogen-bond donors (Lipinski definition) is 2. The van der Waals surface area contributed by atoms with Gasteiger partial charge in [0.2, 0.25) is 0 Å².